The van der Waals surface area contributed by atoms with Crippen LogP contribution in [0.1, 0.15) is 24.1 Å². The highest BCUT2D eigenvalue weighted by Gasteiger charge is 2.07. The lowest BCUT2D eigenvalue weighted by Gasteiger charge is -2.15. The van der Waals surface area contributed by atoms with E-state index in [1.54, 1.807) is 0 Å². The fourth-order valence-corrected chi connectivity index (χ4v) is 2.59. The maximum absolute atomic E-state index is 4.61. The van der Waals surface area contributed by atoms with Crippen LogP contribution in [0.4, 0.5) is 0 Å². The molecule has 0 bridgehead atoms. The molecule has 1 aromatic heterocycles. The van der Waals surface area contributed by atoms with Crippen LogP contribution in [-0.4, -0.2) is 35.4 Å². The number of nitrogens with one attached hydrogen (secondary N) is 2. The van der Waals surface area contributed by atoms with Gasteiger partial charge in [-0.2, -0.15) is 5.10 Å². The van der Waals surface area contributed by atoms with Crippen molar-refractivity contribution in [2.24, 2.45) is 4.99 Å². The van der Waals surface area contributed by atoms with Crippen LogP contribution < -0.4 is 10.6 Å². The second kappa shape index (κ2) is 7.11. The minimum atomic E-state index is 0.929. The molecule has 0 saturated heterocycles. The lowest BCUT2D eigenvalue weighted by molar-refractivity contribution is 0.685. The minimum absolute atomic E-state index is 0.929. The Bertz CT molecular complexity index is 630. The maximum Gasteiger partial charge on any atom is 0.191 e. The molecule has 1 aliphatic rings. The van der Waals surface area contributed by atoms with Crippen molar-refractivity contribution in [2.75, 3.05) is 19.6 Å². The summed E-state index contributed by atoms with van der Waals surface area (Å²) in [5.41, 5.74) is 3.52. The van der Waals surface area contributed by atoms with Crippen molar-refractivity contribution in [3.63, 3.8) is 0 Å². The predicted molar refractivity (Wildman–Crippen MR) is 89.5 cm³/mol. The van der Waals surface area contributed by atoms with Gasteiger partial charge in [-0.1, -0.05) is 18.2 Å². The number of guanidine groups is 1. The molecule has 2 aromatic rings. The zero-order valence-electron chi connectivity index (χ0n) is 13.0. The van der Waals surface area contributed by atoms with Crippen LogP contribution in [0.25, 0.3) is 5.69 Å². The van der Waals surface area contributed by atoms with Crippen LogP contribution >= 0.6 is 0 Å². The van der Waals surface area contributed by atoms with Gasteiger partial charge in [0, 0.05) is 25.8 Å². The Hall–Kier alpha value is -2.30. The predicted octanol–water partition coefficient (Wildman–Crippen LogP) is 2.05. The number of aliphatic imine (C=N–C) groups is 1. The first kappa shape index (κ1) is 14.6. The van der Waals surface area contributed by atoms with Gasteiger partial charge >= 0.3 is 0 Å². The first-order valence-electron chi connectivity index (χ1n) is 7.96. The number of hydrogen-bond donors (Lipinski definition) is 2. The van der Waals surface area contributed by atoms with Gasteiger partial charge in [0.2, 0.25) is 0 Å². The standard InChI is InChI=1S/C17H23N5/c1-14-15(7-5-10-18-17-19-11-6-12-20-17)13-22(21-14)16-8-3-2-4-9-16/h2-4,8-9,13H,5-7,10-12H2,1H3,(H2,18,19,20). The van der Waals surface area contributed by atoms with Crippen LogP contribution in [0.3, 0.4) is 0 Å². The van der Waals surface area contributed by atoms with Crippen molar-refractivity contribution in [2.45, 2.75) is 26.2 Å². The van der Waals surface area contributed by atoms with E-state index in [1.165, 1.54) is 5.56 Å². The highest BCUT2D eigenvalue weighted by molar-refractivity contribution is 5.80. The number of aromatic nitrogens is 2. The molecule has 2 N–H and O–H groups in total. The molecular formula is C17H23N5. The van der Waals surface area contributed by atoms with Gasteiger partial charge in [0.15, 0.2) is 5.96 Å². The number of benzene rings is 1. The summed E-state index contributed by atoms with van der Waals surface area (Å²) in [6.45, 7) is 4.96. The fourth-order valence-electron chi connectivity index (χ4n) is 2.59. The highest BCUT2D eigenvalue weighted by atomic mass is 15.3. The summed E-state index contributed by atoms with van der Waals surface area (Å²) in [6, 6.07) is 10.2. The molecule has 0 aliphatic carbocycles. The Labute approximate surface area is 131 Å². The van der Waals surface area contributed by atoms with Crippen molar-refractivity contribution in [3.05, 3.63) is 47.8 Å². The van der Waals surface area contributed by atoms with E-state index in [0.717, 1.165) is 56.2 Å². The molecule has 0 saturated carbocycles. The summed E-state index contributed by atoms with van der Waals surface area (Å²) in [7, 11) is 0. The first-order chi connectivity index (χ1) is 10.8. The van der Waals surface area contributed by atoms with Crippen LogP contribution in [0.5, 0.6) is 0 Å². The van der Waals surface area contributed by atoms with Crippen molar-refractivity contribution < 1.29 is 0 Å². The monoisotopic (exact) mass is 297 g/mol. The third-order valence-corrected chi connectivity index (χ3v) is 3.83. The molecule has 0 spiro atoms. The van der Waals surface area contributed by atoms with E-state index < -0.39 is 0 Å². The van der Waals surface area contributed by atoms with E-state index in [0.29, 0.717) is 0 Å². The molecule has 3 rings (SSSR count). The molecule has 5 nitrogen and oxygen atoms in total. The number of rotatable bonds is 5. The molecule has 0 unspecified atom stereocenters. The topological polar surface area (TPSA) is 54.2 Å². The van der Waals surface area contributed by atoms with E-state index in [1.807, 2.05) is 22.9 Å². The van der Waals surface area contributed by atoms with E-state index in [-0.39, 0.29) is 0 Å². The second-order valence-electron chi connectivity index (χ2n) is 5.56. The molecule has 116 valence electrons. The van der Waals surface area contributed by atoms with Crippen molar-refractivity contribution >= 4 is 5.96 Å². The molecule has 2 heterocycles. The molecule has 0 radical (unpaired) electrons. The quantitative estimate of drug-likeness (QED) is 0.831. The average Bonchev–Trinajstić information content (AvgIpc) is 2.94. The molecule has 22 heavy (non-hydrogen) atoms. The molecule has 1 aromatic carbocycles. The van der Waals surface area contributed by atoms with Gasteiger partial charge in [-0.25, -0.2) is 4.68 Å². The smallest absolute Gasteiger partial charge is 0.191 e. The molecule has 0 amide bonds. The van der Waals surface area contributed by atoms with Crippen LogP contribution in [-0.2, 0) is 6.42 Å². The van der Waals surface area contributed by atoms with Crippen molar-refractivity contribution in [1.29, 1.82) is 0 Å². The summed E-state index contributed by atoms with van der Waals surface area (Å²) in [5.74, 6) is 0.947. The number of hydrogen-bond acceptors (Lipinski definition) is 4. The lowest BCUT2D eigenvalue weighted by atomic mass is 10.1. The summed E-state index contributed by atoms with van der Waals surface area (Å²) in [6.07, 6.45) is 5.37. The van der Waals surface area contributed by atoms with Gasteiger partial charge in [0.25, 0.3) is 0 Å². The molecule has 0 fully saturated rings. The van der Waals surface area contributed by atoms with Gasteiger partial charge in [0.1, 0.15) is 0 Å². The van der Waals surface area contributed by atoms with Crippen molar-refractivity contribution in [1.82, 2.24) is 20.4 Å². The Morgan fingerprint density at radius 3 is 2.91 bits per heavy atom. The summed E-state index contributed by atoms with van der Waals surface area (Å²) < 4.78 is 1.96. The van der Waals surface area contributed by atoms with Crippen LogP contribution in [0.2, 0.25) is 0 Å². The maximum atomic E-state index is 4.61. The first-order valence-corrected chi connectivity index (χ1v) is 7.96. The SMILES string of the molecule is Cc1nn(-c2ccccc2)cc1CCCNC1=NCCCN1. The number of para-hydroxylation sites is 1. The van der Waals surface area contributed by atoms with E-state index in [9.17, 15) is 0 Å². The molecule has 5 heteroatoms. The third kappa shape index (κ3) is 3.67. The largest absolute Gasteiger partial charge is 0.356 e. The van der Waals surface area contributed by atoms with Crippen molar-refractivity contribution in [3.8, 4) is 5.69 Å². The zero-order chi connectivity index (χ0) is 15.2. The third-order valence-electron chi connectivity index (χ3n) is 3.83. The van der Waals surface area contributed by atoms with E-state index >= 15 is 0 Å². The second-order valence-corrected chi connectivity index (χ2v) is 5.56. The summed E-state index contributed by atoms with van der Waals surface area (Å²) in [4.78, 5) is 4.41. The van der Waals surface area contributed by atoms with Gasteiger partial charge in [-0.15, -0.1) is 0 Å². The van der Waals surface area contributed by atoms with E-state index in [2.05, 4.69) is 46.0 Å². The van der Waals surface area contributed by atoms with Gasteiger partial charge in [0.05, 0.1) is 11.4 Å². The van der Waals surface area contributed by atoms with Gasteiger partial charge in [-0.3, -0.25) is 4.99 Å². The van der Waals surface area contributed by atoms with Crippen LogP contribution in [0, 0.1) is 6.92 Å². The summed E-state index contributed by atoms with van der Waals surface area (Å²) >= 11 is 0. The fraction of sp³-hybridized carbons (Fsp3) is 0.412. The molecule has 0 atom stereocenters. The summed E-state index contributed by atoms with van der Waals surface area (Å²) in [5, 5.41) is 11.2. The Morgan fingerprint density at radius 2 is 2.14 bits per heavy atom. The Morgan fingerprint density at radius 1 is 1.27 bits per heavy atom. The highest BCUT2D eigenvalue weighted by Crippen LogP contribution is 2.13. The lowest BCUT2D eigenvalue weighted by Crippen LogP contribution is -2.41. The minimum Gasteiger partial charge on any atom is -0.356 e. The molecular weight excluding hydrogens is 274 g/mol. The normalized spacial score (nSPS) is 14.3. The van der Waals surface area contributed by atoms with Crippen LogP contribution in [0.15, 0.2) is 41.5 Å². The average molecular weight is 297 g/mol. The van der Waals surface area contributed by atoms with Gasteiger partial charge in [-0.05, 0) is 43.9 Å². The Balaban J connectivity index is 1.52. The van der Waals surface area contributed by atoms with E-state index in [4.69, 9.17) is 0 Å². The number of aryl methyl sites for hydroxylation is 2. The Kier molecular flexibility index (Phi) is 4.73. The zero-order valence-corrected chi connectivity index (χ0v) is 13.0. The van der Waals surface area contributed by atoms with Gasteiger partial charge < -0.3 is 10.6 Å². The number of nitrogens with zero attached hydrogens (tertiary/aromatic N) is 3. The molecule has 1 aliphatic heterocycles.